The van der Waals surface area contributed by atoms with Gasteiger partial charge in [0.15, 0.2) is 0 Å². The lowest BCUT2D eigenvalue weighted by Crippen LogP contribution is -2.53. The van der Waals surface area contributed by atoms with Crippen molar-refractivity contribution in [3.05, 3.63) is 16.1 Å². The fourth-order valence-electron chi connectivity index (χ4n) is 2.54. The normalized spacial score (nSPS) is 28.1. The second-order valence-electron chi connectivity index (χ2n) is 5.93. The predicted octanol–water partition coefficient (Wildman–Crippen LogP) is 1.83. The number of carbonyl (C=O) groups excluding carboxylic acids is 1. The Labute approximate surface area is 123 Å². The van der Waals surface area contributed by atoms with E-state index in [1.54, 1.807) is 5.38 Å². The summed E-state index contributed by atoms with van der Waals surface area (Å²) in [5, 5.41) is 15.1. The Morgan fingerprint density at radius 2 is 2.30 bits per heavy atom. The second-order valence-corrected chi connectivity index (χ2v) is 6.82. The van der Waals surface area contributed by atoms with Crippen LogP contribution in [0.5, 0.6) is 0 Å². The summed E-state index contributed by atoms with van der Waals surface area (Å²) in [6.45, 7) is 4.03. The van der Waals surface area contributed by atoms with Crippen LogP contribution in [0, 0.1) is 5.92 Å². The van der Waals surface area contributed by atoms with Crippen molar-refractivity contribution in [3.63, 3.8) is 0 Å². The maximum absolute atomic E-state index is 12.3. The SMILES string of the molecule is CC1CCC(CO)(NC(=O)c2csc(C(C)N)n2)CC1. The zero-order valence-corrected chi connectivity index (χ0v) is 12.9. The van der Waals surface area contributed by atoms with Crippen LogP contribution in [0.2, 0.25) is 0 Å². The molecule has 1 aliphatic carbocycles. The van der Waals surface area contributed by atoms with E-state index in [0.29, 0.717) is 11.6 Å². The number of hydrogen-bond donors (Lipinski definition) is 3. The molecule has 1 aromatic heterocycles. The lowest BCUT2D eigenvalue weighted by molar-refractivity contribution is 0.0713. The van der Waals surface area contributed by atoms with Crippen molar-refractivity contribution >= 4 is 17.2 Å². The molecule has 1 saturated carbocycles. The molecule has 1 atom stereocenters. The zero-order valence-electron chi connectivity index (χ0n) is 12.1. The van der Waals surface area contributed by atoms with Crippen molar-refractivity contribution in [3.8, 4) is 0 Å². The van der Waals surface area contributed by atoms with Gasteiger partial charge in [0.2, 0.25) is 0 Å². The Morgan fingerprint density at radius 1 is 1.65 bits per heavy atom. The molecule has 0 radical (unpaired) electrons. The molecule has 1 heterocycles. The van der Waals surface area contributed by atoms with Gasteiger partial charge in [-0.1, -0.05) is 6.92 Å². The summed E-state index contributed by atoms with van der Waals surface area (Å²) in [4.78, 5) is 16.5. The summed E-state index contributed by atoms with van der Waals surface area (Å²) >= 11 is 1.40. The van der Waals surface area contributed by atoms with Crippen LogP contribution in [-0.4, -0.2) is 28.1 Å². The molecule has 4 N–H and O–H groups in total. The van der Waals surface area contributed by atoms with Crippen molar-refractivity contribution in [2.24, 2.45) is 11.7 Å². The van der Waals surface area contributed by atoms with Gasteiger partial charge in [-0.15, -0.1) is 11.3 Å². The Hall–Kier alpha value is -0.980. The zero-order chi connectivity index (χ0) is 14.8. The van der Waals surface area contributed by atoms with Crippen molar-refractivity contribution in [1.29, 1.82) is 0 Å². The Balaban J connectivity index is 2.05. The minimum atomic E-state index is -0.484. The van der Waals surface area contributed by atoms with Gasteiger partial charge >= 0.3 is 0 Å². The van der Waals surface area contributed by atoms with Gasteiger partial charge in [0.05, 0.1) is 18.2 Å². The van der Waals surface area contributed by atoms with Crippen molar-refractivity contribution in [2.75, 3.05) is 6.61 Å². The maximum atomic E-state index is 12.3. The number of hydrogen-bond acceptors (Lipinski definition) is 5. The van der Waals surface area contributed by atoms with E-state index in [9.17, 15) is 9.90 Å². The van der Waals surface area contributed by atoms with Crippen LogP contribution < -0.4 is 11.1 Å². The Kier molecular flexibility index (Phi) is 4.78. The molecule has 5 nitrogen and oxygen atoms in total. The molecule has 2 rings (SSSR count). The lowest BCUT2D eigenvalue weighted by Gasteiger charge is -2.38. The first-order valence-corrected chi connectivity index (χ1v) is 7.98. The average molecular weight is 297 g/mol. The van der Waals surface area contributed by atoms with Crippen molar-refractivity contribution in [2.45, 2.75) is 51.1 Å². The van der Waals surface area contributed by atoms with E-state index in [-0.39, 0.29) is 18.6 Å². The first kappa shape index (κ1) is 15.4. The Bertz CT molecular complexity index is 465. The number of rotatable bonds is 4. The third kappa shape index (κ3) is 3.37. The van der Waals surface area contributed by atoms with Crippen LogP contribution in [-0.2, 0) is 0 Å². The van der Waals surface area contributed by atoms with Crippen LogP contribution >= 0.6 is 11.3 Å². The minimum absolute atomic E-state index is 0.0181. The monoisotopic (exact) mass is 297 g/mol. The van der Waals surface area contributed by atoms with Crippen LogP contribution in [0.15, 0.2) is 5.38 Å². The van der Waals surface area contributed by atoms with Gasteiger partial charge in [0.1, 0.15) is 10.7 Å². The summed E-state index contributed by atoms with van der Waals surface area (Å²) in [5.74, 6) is 0.451. The lowest BCUT2D eigenvalue weighted by atomic mass is 9.77. The topological polar surface area (TPSA) is 88.2 Å². The molecule has 0 spiro atoms. The van der Waals surface area contributed by atoms with Crippen LogP contribution in [0.3, 0.4) is 0 Å². The number of carbonyl (C=O) groups is 1. The number of aliphatic hydroxyl groups is 1. The molecule has 1 aromatic rings. The summed E-state index contributed by atoms with van der Waals surface area (Å²) in [6.07, 6.45) is 3.70. The van der Waals surface area contributed by atoms with Crippen molar-refractivity contribution in [1.82, 2.24) is 10.3 Å². The summed E-state index contributed by atoms with van der Waals surface area (Å²) in [5.41, 5.74) is 5.67. The highest BCUT2D eigenvalue weighted by molar-refractivity contribution is 7.09. The standard InChI is InChI=1S/C14H23N3O2S/c1-9-3-5-14(8-18,6-4-9)17-12(19)11-7-20-13(16-11)10(2)15/h7,9-10,18H,3-6,8,15H2,1-2H3,(H,17,19). The largest absolute Gasteiger partial charge is 0.394 e. The molecule has 0 aromatic carbocycles. The predicted molar refractivity (Wildman–Crippen MR) is 79.6 cm³/mol. The fourth-order valence-corrected chi connectivity index (χ4v) is 3.30. The van der Waals surface area contributed by atoms with E-state index >= 15 is 0 Å². The molecule has 0 saturated heterocycles. The van der Waals surface area contributed by atoms with Gasteiger partial charge < -0.3 is 16.2 Å². The highest BCUT2D eigenvalue weighted by atomic mass is 32.1. The molecule has 20 heavy (non-hydrogen) atoms. The fraction of sp³-hybridized carbons (Fsp3) is 0.714. The van der Waals surface area contributed by atoms with E-state index in [2.05, 4.69) is 17.2 Å². The quantitative estimate of drug-likeness (QED) is 0.791. The minimum Gasteiger partial charge on any atom is -0.394 e. The van der Waals surface area contributed by atoms with Gasteiger partial charge in [-0.25, -0.2) is 4.98 Å². The van der Waals surface area contributed by atoms with Gasteiger partial charge in [0.25, 0.3) is 5.91 Å². The molecule has 1 unspecified atom stereocenters. The molecule has 0 aliphatic heterocycles. The number of nitrogens with one attached hydrogen (secondary N) is 1. The summed E-state index contributed by atoms with van der Waals surface area (Å²) in [6, 6.07) is -0.163. The molecule has 1 fully saturated rings. The third-order valence-corrected chi connectivity index (χ3v) is 5.10. The van der Waals surface area contributed by atoms with E-state index in [0.717, 1.165) is 30.7 Å². The van der Waals surface area contributed by atoms with Crippen LogP contribution in [0.25, 0.3) is 0 Å². The summed E-state index contributed by atoms with van der Waals surface area (Å²) < 4.78 is 0. The molecule has 1 amide bonds. The number of thiazole rings is 1. The van der Waals surface area contributed by atoms with Gasteiger partial charge in [-0.3, -0.25) is 4.79 Å². The Morgan fingerprint density at radius 3 is 2.80 bits per heavy atom. The van der Waals surface area contributed by atoms with E-state index in [1.165, 1.54) is 11.3 Å². The summed E-state index contributed by atoms with van der Waals surface area (Å²) in [7, 11) is 0. The number of aromatic nitrogens is 1. The van der Waals surface area contributed by atoms with E-state index in [1.807, 2.05) is 6.92 Å². The van der Waals surface area contributed by atoms with Crippen LogP contribution in [0.4, 0.5) is 0 Å². The van der Waals surface area contributed by atoms with Crippen LogP contribution in [0.1, 0.15) is 61.1 Å². The van der Waals surface area contributed by atoms with E-state index < -0.39 is 5.54 Å². The second kappa shape index (κ2) is 6.20. The van der Waals surface area contributed by atoms with Gasteiger partial charge in [-0.2, -0.15) is 0 Å². The first-order valence-electron chi connectivity index (χ1n) is 7.10. The van der Waals surface area contributed by atoms with Crippen molar-refractivity contribution < 1.29 is 9.90 Å². The van der Waals surface area contributed by atoms with Gasteiger partial charge in [0, 0.05) is 5.38 Å². The highest BCUT2D eigenvalue weighted by Gasteiger charge is 2.35. The molecule has 1 aliphatic rings. The third-order valence-electron chi connectivity index (χ3n) is 4.06. The number of nitrogens with two attached hydrogens (primary N) is 1. The average Bonchev–Trinajstić information content (AvgIpc) is 2.92. The smallest absolute Gasteiger partial charge is 0.271 e. The van der Waals surface area contributed by atoms with E-state index in [4.69, 9.17) is 5.73 Å². The number of nitrogens with zero attached hydrogens (tertiary/aromatic N) is 1. The number of aliphatic hydroxyl groups excluding tert-OH is 1. The maximum Gasteiger partial charge on any atom is 0.271 e. The van der Waals surface area contributed by atoms with Gasteiger partial charge in [-0.05, 0) is 38.5 Å². The molecular weight excluding hydrogens is 274 g/mol. The highest BCUT2D eigenvalue weighted by Crippen LogP contribution is 2.32. The molecular formula is C14H23N3O2S. The molecule has 0 bridgehead atoms. The first-order chi connectivity index (χ1) is 9.46. The number of amides is 1. The molecule has 6 heteroatoms. The molecule has 112 valence electrons.